The summed E-state index contributed by atoms with van der Waals surface area (Å²) >= 11 is 12.5. The Balaban J connectivity index is 1.83. The van der Waals surface area contributed by atoms with Gasteiger partial charge in [0.25, 0.3) is 11.8 Å². The highest BCUT2D eigenvalue weighted by atomic mass is 35.5. The molecule has 0 atom stereocenters. The smallest absolute Gasteiger partial charge is 0.277 e. The minimum Gasteiger partial charge on any atom is -0.381 e. The number of amides is 2. The number of hydrogen-bond acceptors (Lipinski definition) is 5. The summed E-state index contributed by atoms with van der Waals surface area (Å²) < 4.78 is 5.59. The van der Waals surface area contributed by atoms with Crippen molar-refractivity contribution in [2.45, 2.75) is 26.2 Å². The van der Waals surface area contributed by atoms with E-state index in [4.69, 9.17) is 27.9 Å². The SMILES string of the molecule is CCCCOCCCN1C(=O)C(c2ccc(Cl)cc2Cl)=C(N2CCN(C)CC2)C1=O. The molecule has 6 nitrogen and oxygen atoms in total. The molecule has 0 aromatic heterocycles. The van der Waals surface area contributed by atoms with Crippen LogP contribution in [-0.4, -0.2) is 79.5 Å². The zero-order chi connectivity index (χ0) is 21.7. The first kappa shape index (κ1) is 23.1. The molecule has 2 aliphatic heterocycles. The lowest BCUT2D eigenvalue weighted by atomic mass is 10.0. The molecule has 8 heteroatoms. The second-order valence-corrected chi connectivity index (χ2v) is 8.56. The van der Waals surface area contributed by atoms with Crippen molar-refractivity contribution in [3.63, 3.8) is 0 Å². The Morgan fingerprint density at radius 2 is 1.70 bits per heavy atom. The van der Waals surface area contributed by atoms with Gasteiger partial charge in [0.15, 0.2) is 0 Å². The first-order valence-corrected chi connectivity index (χ1v) is 11.3. The van der Waals surface area contributed by atoms with Crippen LogP contribution < -0.4 is 0 Å². The van der Waals surface area contributed by atoms with Gasteiger partial charge in [-0.1, -0.05) is 42.6 Å². The first-order chi connectivity index (χ1) is 14.4. The monoisotopic (exact) mass is 453 g/mol. The molecule has 164 valence electrons. The maximum Gasteiger partial charge on any atom is 0.277 e. The van der Waals surface area contributed by atoms with Gasteiger partial charge in [0, 0.05) is 56.5 Å². The molecule has 0 bridgehead atoms. The molecule has 2 amide bonds. The summed E-state index contributed by atoms with van der Waals surface area (Å²) in [5.74, 6) is -0.550. The fraction of sp³-hybridized carbons (Fsp3) is 0.545. The summed E-state index contributed by atoms with van der Waals surface area (Å²) in [7, 11) is 2.05. The van der Waals surface area contributed by atoms with E-state index in [-0.39, 0.29) is 11.8 Å². The predicted octanol–water partition coefficient (Wildman–Crippen LogP) is 3.53. The Morgan fingerprint density at radius 1 is 1.00 bits per heavy atom. The van der Waals surface area contributed by atoms with Crippen LogP contribution in [0.4, 0.5) is 0 Å². The lowest BCUT2D eigenvalue weighted by Crippen LogP contribution is -2.46. The van der Waals surface area contributed by atoms with Crippen molar-refractivity contribution in [1.82, 2.24) is 14.7 Å². The topological polar surface area (TPSA) is 53.1 Å². The largest absolute Gasteiger partial charge is 0.381 e. The average molecular weight is 454 g/mol. The van der Waals surface area contributed by atoms with Gasteiger partial charge in [0.2, 0.25) is 0 Å². The van der Waals surface area contributed by atoms with Gasteiger partial charge in [-0.25, -0.2) is 0 Å². The van der Waals surface area contributed by atoms with E-state index in [9.17, 15) is 9.59 Å². The number of rotatable bonds is 9. The number of unbranched alkanes of at least 4 members (excludes halogenated alkanes) is 1. The number of carbonyl (C=O) groups is 2. The molecular weight excluding hydrogens is 425 g/mol. The number of likely N-dealkylation sites (N-methyl/N-ethyl adjacent to an activating group) is 1. The van der Waals surface area contributed by atoms with E-state index < -0.39 is 0 Å². The number of hydrogen-bond donors (Lipinski definition) is 0. The molecule has 0 radical (unpaired) electrons. The van der Waals surface area contributed by atoms with Crippen molar-refractivity contribution < 1.29 is 14.3 Å². The lowest BCUT2D eigenvalue weighted by molar-refractivity contribution is -0.137. The maximum atomic E-state index is 13.3. The van der Waals surface area contributed by atoms with Gasteiger partial charge in [-0.05, 0) is 32.0 Å². The highest BCUT2D eigenvalue weighted by Gasteiger charge is 2.42. The second kappa shape index (κ2) is 10.6. The van der Waals surface area contributed by atoms with Crippen molar-refractivity contribution in [3.8, 4) is 0 Å². The molecular formula is C22H29Cl2N3O3. The van der Waals surface area contributed by atoms with Crippen LogP contribution in [0.2, 0.25) is 10.0 Å². The molecule has 30 heavy (non-hydrogen) atoms. The minimum absolute atomic E-state index is 0.251. The van der Waals surface area contributed by atoms with E-state index in [2.05, 4.69) is 18.9 Å². The minimum atomic E-state index is -0.299. The van der Waals surface area contributed by atoms with Gasteiger partial charge in [0.05, 0.1) is 10.6 Å². The molecule has 1 saturated heterocycles. The van der Waals surface area contributed by atoms with Crippen LogP contribution in [0.5, 0.6) is 0 Å². The third kappa shape index (κ3) is 5.17. The third-order valence-electron chi connectivity index (χ3n) is 5.48. The number of carbonyl (C=O) groups excluding carboxylic acids is 2. The van der Waals surface area contributed by atoms with E-state index in [1.807, 2.05) is 4.90 Å². The Hall–Kier alpha value is -1.60. The Labute approximate surface area is 188 Å². The number of imide groups is 1. The second-order valence-electron chi connectivity index (χ2n) is 7.72. The van der Waals surface area contributed by atoms with Gasteiger partial charge in [-0.2, -0.15) is 0 Å². The van der Waals surface area contributed by atoms with Crippen LogP contribution in [-0.2, 0) is 14.3 Å². The molecule has 2 aliphatic rings. The predicted molar refractivity (Wildman–Crippen MR) is 120 cm³/mol. The van der Waals surface area contributed by atoms with Crippen LogP contribution in [0.3, 0.4) is 0 Å². The normalized spacial score (nSPS) is 18.1. The highest BCUT2D eigenvalue weighted by Crippen LogP contribution is 2.36. The molecule has 1 aromatic carbocycles. The molecule has 1 fully saturated rings. The number of ether oxygens (including phenoxy) is 1. The lowest BCUT2D eigenvalue weighted by Gasteiger charge is -2.34. The van der Waals surface area contributed by atoms with Crippen molar-refractivity contribution in [2.24, 2.45) is 0 Å². The van der Waals surface area contributed by atoms with Gasteiger partial charge in [-0.3, -0.25) is 14.5 Å². The quantitative estimate of drug-likeness (QED) is 0.422. The highest BCUT2D eigenvalue weighted by molar-refractivity contribution is 6.41. The maximum absolute atomic E-state index is 13.3. The molecule has 0 saturated carbocycles. The zero-order valence-corrected chi connectivity index (χ0v) is 19.1. The van der Waals surface area contributed by atoms with Crippen molar-refractivity contribution in [2.75, 3.05) is 53.0 Å². The third-order valence-corrected chi connectivity index (χ3v) is 6.02. The summed E-state index contributed by atoms with van der Waals surface area (Å²) in [6.07, 6.45) is 2.70. The zero-order valence-electron chi connectivity index (χ0n) is 17.6. The van der Waals surface area contributed by atoms with Gasteiger partial charge in [0.1, 0.15) is 5.70 Å². The van der Waals surface area contributed by atoms with Crippen molar-refractivity contribution in [3.05, 3.63) is 39.5 Å². The van der Waals surface area contributed by atoms with E-state index in [0.29, 0.717) is 66.1 Å². The molecule has 1 aromatic rings. The van der Waals surface area contributed by atoms with Crippen molar-refractivity contribution >= 4 is 40.6 Å². The van der Waals surface area contributed by atoms with Crippen LogP contribution in [0.15, 0.2) is 23.9 Å². The standard InChI is InChI=1S/C22H29Cl2N3O3/c1-3-4-13-30-14-5-8-27-21(28)19(17-7-6-16(23)15-18(17)24)20(22(27)29)26-11-9-25(2)10-12-26/h6-7,15H,3-5,8-14H2,1-2H3. The fourth-order valence-corrected chi connectivity index (χ4v) is 4.20. The molecule has 0 N–H and O–H groups in total. The van der Waals surface area contributed by atoms with Crippen LogP contribution in [0.1, 0.15) is 31.7 Å². The van der Waals surface area contributed by atoms with E-state index >= 15 is 0 Å². The van der Waals surface area contributed by atoms with Gasteiger partial charge in [-0.15, -0.1) is 0 Å². The Bertz CT molecular complexity index is 820. The van der Waals surface area contributed by atoms with Crippen LogP contribution in [0, 0.1) is 0 Å². The summed E-state index contributed by atoms with van der Waals surface area (Å²) in [6.45, 7) is 6.71. The summed E-state index contributed by atoms with van der Waals surface area (Å²) in [6, 6.07) is 5.02. The van der Waals surface area contributed by atoms with E-state index in [0.717, 1.165) is 25.9 Å². The van der Waals surface area contributed by atoms with Crippen LogP contribution in [0.25, 0.3) is 5.57 Å². The summed E-state index contributed by atoms with van der Waals surface area (Å²) in [5.41, 5.74) is 1.37. The molecule has 2 heterocycles. The van der Waals surface area contributed by atoms with Gasteiger partial charge >= 0.3 is 0 Å². The van der Waals surface area contributed by atoms with E-state index in [1.54, 1.807) is 18.2 Å². The van der Waals surface area contributed by atoms with Gasteiger partial charge < -0.3 is 14.5 Å². The summed E-state index contributed by atoms with van der Waals surface area (Å²) in [4.78, 5) is 32.2. The number of halogens is 2. The van der Waals surface area contributed by atoms with E-state index in [1.165, 1.54) is 4.90 Å². The Morgan fingerprint density at radius 3 is 2.37 bits per heavy atom. The molecule has 0 spiro atoms. The summed E-state index contributed by atoms with van der Waals surface area (Å²) in [5, 5.41) is 0.860. The average Bonchev–Trinajstić information content (AvgIpc) is 2.96. The van der Waals surface area contributed by atoms with Crippen molar-refractivity contribution in [1.29, 1.82) is 0 Å². The number of benzene rings is 1. The number of piperazine rings is 1. The first-order valence-electron chi connectivity index (χ1n) is 10.5. The molecule has 0 aliphatic carbocycles. The molecule has 3 rings (SSSR count). The van der Waals surface area contributed by atoms with Crippen LogP contribution >= 0.6 is 23.2 Å². The molecule has 0 unspecified atom stereocenters. The Kier molecular flexibility index (Phi) is 8.17. The number of nitrogens with zero attached hydrogens (tertiary/aromatic N) is 3. The fourth-order valence-electron chi connectivity index (χ4n) is 3.70.